The van der Waals surface area contributed by atoms with E-state index in [9.17, 15) is 45.5 Å². The second kappa shape index (κ2) is 20.1. The van der Waals surface area contributed by atoms with Gasteiger partial charge in [0.25, 0.3) is 5.91 Å². The number of halogens is 6. The van der Waals surface area contributed by atoms with Gasteiger partial charge in [0.1, 0.15) is 6.04 Å². The number of H-pyrrole nitrogens is 1. The Balaban J connectivity index is 0.000000955. The molecule has 1 aliphatic heterocycles. The average molecular weight is 876 g/mol. The maximum absolute atomic E-state index is 13.8. The van der Waals surface area contributed by atoms with Crippen LogP contribution in [0.3, 0.4) is 0 Å². The molecule has 1 aromatic heterocycles. The molecular formula is C42H47F6N7O7. The van der Waals surface area contributed by atoms with E-state index in [2.05, 4.69) is 43.2 Å². The van der Waals surface area contributed by atoms with E-state index in [0.717, 1.165) is 48.2 Å². The fourth-order valence-electron chi connectivity index (χ4n) is 7.41. The first-order valence-corrected chi connectivity index (χ1v) is 19.8. The van der Waals surface area contributed by atoms with Gasteiger partial charge in [0.05, 0.1) is 11.0 Å². The van der Waals surface area contributed by atoms with Gasteiger partial charge in [0, 0.05) is 36.2 Å². The normalized spacial score (nSPS) is 17.9. The summed E-state index contributed by atoms with van der Waals surface area (Å²) < 4.78 is 71.5. The number of piperidine rings is 1. The number of hydrogen-bond acceptors (Lipinski definition) is 7. The third-order valence-electron chi connectivity index (χ3n) is 10.9. The molecule has 3 aromatic carbocycles. The van der Waals surface area contributed by atoms with Crippen LogP contribution >= 0.6 is 0 Å². The minimum Gasteiger partial charge on any atom is -0.475 e. The monoisotopic (exact) mass is 875 g/mol. The third kappa shape index (κ3) is 13.2. The van der Waals surface area contributed by atoms with E-state index in [0.29, 0.717) is 37.8 Å². The van der Waals surface area contributed by atoms with Crippen LogP contribution in [0.1, 0.15) is 65.8 Å². The summed E-state index contributed by atoms with van der Waals surface area (Å²) in [6.45, 7) is 4.16. The van der Waals surface area contributed by atoms with Crippen molar-refractivity contribution in [3.05, 3.63) is 83.2 Å². The molecule has 14 nitrogen and oxygen atoms in total. The lowest BCUT2D eigenvalue weighted by atomic mass is 9.81. The number of hydrogen-bond donors (Lipinski definition) is 7. The number of aliphatic carboxylic acids is 1. The Morgan fingerprint density at radius 3 is 2.10 bits per heavy atom. The topological polar surface area (TPSA) is 206 Å². The number of carboxylic acid groups (broad SMARTS) is 2. The molecule has 1 saturated carbocycles. The van der Waals surface area contributed by atoms with Gasteiger partial charge in [0.15, 0.2) is 0 Å². The van der Waals surface area contributed by atoms with Gasteiger partial charge in [-0.2, -0.15) is 26.3 Å². The van der Waals surface area contributed by atoms with E-state index in [-0.39, 0.29) is 52.8 Å². The van der Waals surface area contributed by atoms with Crippen molar-refractivity contribution in [1.29, 1.82) is 0 Å². The number of fused-ring (bicyclic) bond motifs is 1. The number of alkyl halides is 6. The fourth-order valence-corrected chi connectivity index (χ4v) is 7.41. The van der Waals surface area contributed by atoms with E-state index >= 15 is 0 Å². The van der Waals surface area contributed by atoms with E-state index in [4.69, 9.17) is 15.0 Å². The molecule has 334 valence electrons. The van der Waals surface area contributed by atoms with E-state index < -0.39 is 42.2 Å². The number of rotatable bonds is 11. The van der Waals surface area contributed by atoms with Gasteiger partial charge >= 0.3 is 24.4 Å². The Morgan fingerprint density at radius 2 is 1.52 bits per heavy atom. The lowest BCUT2D eigenvalue weighted by Crippen LogP contribution is -2.48. The van der Waals surface area contributed by atoms with Crippen LogP contribution in [0.4, 0.5) is 36.8 Å². The highest BCUT2D eigenvalue weighted by atomic mass is 19.4. The zero-order valence-corrected chi connectivity index (χ0v) is 33.8. The van der Waals surface area contributed by atoms with Gasteiger partial charge < -0.3 is 41.4 Å². The van der Waals surface area contributed by atoms with Gasteiger partial charge in [-0.25, -0.2) is 14.6 Å². The molecule has 0 bridgehead atoms. The number of imidazole rings is 1. The van der Waals surface area contributed by atoms with Crippen molar-refractivity contribution in [2.75, 3.05) is 32.0 Å². The van der Waals surface area contributed by atoms with Crippen LogP contribution in [0.15, 0.2) is 60.7 Å². The number of nitrogens with zero attached hydrogens (tertiary/aromatic N) is 2. The van der Waals surface area contributed by atoms with E-state index in [1.807, 2.05) is 49.4 Å². The summed E-state index contributed by atoms with van der Waals surface area (Å²) >= 11 is 0. The number of carboxylic acids is 1. The Hall–Kier alpha value is -6.18. The fraction of sp³-hybridized carbons (Fsp3) is 0.429. The summed E-state index contributed by atoms with van der Waals surface area (Å²) in [5.41, 5.74) is 4.54. The Labute approximate surface area is 351 Å². The predicted octanol–water partition coefficient (Wildman–Crippen LogP) is 6.75. The molecule has 20 heteroatoms. The summed E-state index contributed by atoms with van der Waals surface area (Å²) in [5.74, 6) is -5.09. The Kier molecular flexibility index (Phi) is 15.2. The number of benzene rings is 3. The first kappa shape index (κ1) is 46.9. The SMILES string of the molecule is Cc1cc(C(=O)NC2CCN(C)CC2)ccc1-c1ccc(C[C@H](NC(=O)[C@H]2CC[C@H](CNC(=O)O)CC2)C(=O)Nc2ccc3[nH]c(C(F)(F)F)nc3c2)cc1.O=C(O)C(F)(F)F. The minimum atomic E-state index is -5.08. The molecular weight excluding hydrogens is 828 g/mol. The molecule has 1 atom stereocenters. The van der Waals surface area contributed by atoms with Crippen molar-refractivity contribution >= 4 is 46.5 Å². The van der Waals surface area contributed by atoms with Gasteiger partial charge in [0.2, 0.25) is 17.6 Å². The number of carbonyl (C=O) groups is 5. The lowest BCUT2D eigenvalue weighted by Gasteiger charge is -2.29. The highest BCUT2D eigenvalue weighted by Gasteiger charge is 2.38. The summed E-state index contributed by atoms with van der Waals surface area (Å²) in [5, 5.41) is 27.3. The van der Waals surface area contributed by atoms with Crippen LogP contribution in [-0.4, -0.2) is 99.8 Å². The summed E-state index contributed by atoms with van der Waals surface area (Å²) in [6, 6.07) is 16.5. The second-order valence-electron chi connectivity index (χ2n) is 15.6. The molecule has 0 spiro atoms. The first-order valence-electron chi connectivity index (χ1n) is 19.8. The molecule has 1 saturated heterocycles. The van der Waals surface area contributed by atoms with E-state index in [1.165, 1.54) is 18.2 Å². The molecule has 62 heavy (non-hydrogen) atoms. The van der Waals surface area contributed by atoms with Crippen LogP contribution in [0.25, 0.3) is 22.2 Å². The Morgan fingerprint density at radius 1 is 0.871 bits per heavy atom. The van der Waals surface area contributed by atoms with Gasteiger partial charge in [-0.3, -0.25) is 14.4 Å². The lowest BCUT2D eigenvalue weighted by molar-refractivity contribution is -0.192. The molecule has 2 aliphatic rings. The highest BCUT2D eigenvalue weighted by molar-refractivity contribution is 5.99. The maximum atomic E-state index is 13.8. The molecule has 6 rings (SSSR count). The molecule has 0 radical (unpaired) electrons. The number of anilines is 1. The van der Waals surface area contributed by atoms with E-state index in [1.54, 1.807) is 0 Å². The number of amides is 4. The van der Waals surface area contributed by atoms with Gasteiger partial charge in [-0.1, -0.05) is 30.3 Å². The number of carbonyl (C=O) groups excluding carboxylic acids is 3. The number of aromatic amines is 1. The summed E-state index contributed by atoms with van der Waals surface area (Å²) in [4.78, 5) is 68.2. The smallest absolute Gasteiger partial charge is 0.475 e. The first-order chi connectivity index (χ1) is 29.2. The Bertz CT molecular complexity index is 2230. The van der Waals surface area contributed by atoms with Gasteiger partial charge in [-0.05, 0) is 124 Å². The third-order valence-corrected chi connectivity index (χ3v) is 10.9. The molecule has 2 fully saturated rings. The van der Waals surface area contributed by atoms with Crippen LogP contribution in [0, 0.1) is 18.8 Å². The predicted molar refractivity (Wildman–Crippen MR) is 215 cm³/mol. The second-order valence-corrected chi connectivity index (χ2v) is 15.6. The number of nitrogens with one attached hydrogen (secondary N) is 5. The molecule has 7 N–H and O–H groups in total. The van der Waals surface area contributed by atoms with Crippen molar-refractivity contribution < 1.29 is 60.5 Å². The zero-order chi connectivity index (χ0) is 45.4. The quantitative estimate of drug-likeness (QED) is 0.0795. The molecule has 2 heterocycles. The van der Waals surface area contributed by atoms with Crippen molar-refractivity contribution in [2.45, 2.75) is 76.3 Å². The maximum Gasteiger partial charge on any atom is 0.490 e. The largest absolute Gasteiger partial charge is 0.490 e. The minimum absolute atomic E-state index is 0.0247. The van der Waals surface area contributed by atoms with Crippen LogP contribution in [0.2, 0.25) is 0 Å². The average Bonchev–Trinajstić information content (AvgIpc) is 3.66. The summed E-state index contributed by atoms with van der Waals surface area (Å²) in [6.07, 6.45) is -6.48. The molecule has 1 aliphatic carbocycles. The van der Waals surface area contributed by atoms with Crippen molar-refractivity contribution in [3.63, 3.8) is 0 Å². The summed E-state index contributed by atoms with van der Waals surface area (Å²) in [7, 11) is 2.08. The standard InChI is InChI=1S/C40H46F3N7O5.C2HF3O2/c1-23-19-28(36(52)45-29-15-17-50(2)18-16-29)11-13-31(23)26-7-3-24(4-8-26)20-34(47-35(51)27-9-5-25(6-10-27)22-44-39(54)55)37(53)46-30-12-14-32-33(21-30)49-38(48-32)40(41,42)43;3-2(4,5)1(6)7/h3-4,7-8,11-14,19,21,25,27,29,34,44H,5-6,9-10,15-18,20,22H2,1-2H3,(H,45,52)(H,46,53)(H,47,51)(H,48,49)(H,54,55);(H,6,7)/t25-,27-,34-;/m0./s1. The van der Waals surface area contributed by atoms with Gasteiger partial charge in [-0.15, -0.1) is 0 Å². The van der Waals surface area contributed by atoms with Crippen molar-refractivity contribution in [3.8, 4) is 11.1 Å². The number of likely N-dealkylation sites (tertiary alicyclic amines) is 1. The highest BCUT2D eigenvalue weighted by Crippen LogP contribution is 2.31. The van der Waals surface area contributed by atoms with Crippen molar-refractivity contribution in [1.82, 2.24) is 30.8 Å². The van der Waals surface area contributed by atoms with Crippen LogP contribution in [-0.2, 0) is 27.0 Å². The molecule has 4 aromatic rings. The van der Waals surface area contributed by atoms with Crippen LogP contribution in [0.5, 0.6) is 0 Å². The van der Waals surface area contributed by atoms with Crippen LogP contribution < -0.4 is 21.3 Å². The zero-order valence-electron chi connectivity index (χ0n) is 33.8. The van der Waals surface area contributed by atoms with Crippen molar-refractivity contribution in [2.24, 2.45) is 11.8 Å². The number of aryl methyl sites for hydroxylation is 1. The molecule has 4 amide bonds. The number of aromatic nitrogens is 2. The molecule has 0 unspecified atom stereocenters.